The summed E-state index contributed by atoms with van der Waals surface area (Å²) < 4.78 is 11.7. The Morgan fingerprint density at radius 2 is 1.12 bits per heavy atom. The summed E-state index contributed by atoms with van der Waals surface area (Å²) in [5.41, 5.74) is 11.0. The number of hydrogen-bond donors (Lipinski definition) is 0. The molecule has 0 fully saturated rings. The average Bonchev–Trinajstić information content (AvgIpc) is 3.99. The number of benzene rings is 9. The lowest BCUT2D eigenvalue weighted by Gasteiger charge is -2.13. The molecule has 0 saturated carbocycles. The molecule has 0 bridgehead atoms. The molecule has 0 amide bonds. The second-order valence-corrected chi connectivity index (χ2v) is 17.6. The minimum absolute atomic E-state index is 0.557. The van der Waals surface area contributed by atoms with Gasteiger partial charge >= 0.3 is 0 Å². The Morgan fingerprint density at radius 3 is 2.00 bits per heavy atom. The van der Waals surface area contributed by atoms with Gasteiger partial charge in [-0.2, -0.15) is 0 Å². The molecule has 0 radical (unpaired) electrons. The van der Waals surface area contributed by atoms with E-state index in [0.717, 1.165) is 44.2 Å². The number of fused-ring (bicyclic) bond motifs is 12. The Hall–Kier alpha value is -7.11. The lowest BCUT2D eigenvalue weighted by molar-refractivity contribution is 0.669. The van der Waals surface area contributed by atoms with Gasteiger partial charge in [-0.15, -0.1) is 22.7 Å². The van der Waals surface area contributed by atoms with E-state index in [1.165, 1.54) is 84.1 Å². The van der Waals surface area contributed by atoms with Crippen molar-refractivity contribution < 1.29 is 4.42 Å². The van der Waals surface area contributed by atoms with Crippen LogP contribution in [0.4, 0.5) is 0 Å². The van der Waals surface area contributed by atoms with E-state index in [0.29, 0.717) is 6.54 Å². The molecule has 0 saturated heterocycles. The molecule has 0 aliphatic heterocycles. The molecule has 0 N–H and O–H groups in total. The Balaban J connectivity index is 0.926. The lowest BCUT2D eigenvalue weighted by Crippen LogP contribution is -1.91. The number of nitrogens with zero attached hydrogens (tertiary/aromatic N) is 1. The molecular formula is C56H35NOS2. The molecule has 4 heteroatoms. The van der Waals surface area contributed by atoms with Gasteiger partial charge in [-0.25, -0.2) is 0 Å². The number of aliphatic imine (C=N–C) groups is 1. The molecule has 3 aromatic heterocycles. The highest BCUT2D eigenvalue weighted by molar-refractivity contribution is 7.26. The predicted octanol–water partition coefficient (Wildman–Crippen LogP) is 16.9. The van der Waals surface area contributed by atoms with Crippen molar-refractivity contribution in [2.24, 2.45) is 4.99 Å². The van der Waals surface area contributed by atoms with Crippen molar-refractivity contribution in [2.45, 2.75) is 6.54 Å². The van der Waals surface area contributed by atoms with Gasteiger partial charge in [-0.1, -0.05) is 128 Å². The maximum atomic E-state index is 6.46. The van der Waals surface area contributed by atoms with Crippen LogP contribution in [-0.2, 0) is 6.54 Å². The standard InChI is InChI=1S/C56H35NOS2/c1-3-38-39(4-2)43-23-19-33(27-46(43)42-13-6-5-12-41(38)42)31-57-32-37-11-9-16-50-55(37)47-29-36(21-25-49(47)58-50)40-15-10-18-53-56(40)48-28-34(22-26-52(48)59-53)35-20-24-45-44-14-7-8-17-51(44)60-54(45)30-35/h3-30,32H,1-2,31H2. The monoisotopic (exact) mass is 801 g/mol. The van der Waals surface area contributed by atoms with Crippen LogP contribution in [0.2, 0.25) is 0 Å². The van der Waals surface area contributed by atoms with E-state index in [9.17, 15) is 0 Å². The fraction of sp³-hybridized carbons (Fsp3) is 0.0179. The Morgan fingerprint density at radius 1 is 0.450 bits per heavy atom. The zero-order valence-corrected chi connectivity index (χ0v) is 34.2. The van der Waals surface area contributed by atoms with Gasteiger partial charge in [0.15, 0.2) is 0 Å². The highest BCUT2D eigenvalue weighted by atomic mass is 32.1. The third-order valence-electron chi connectivity index (χ3n) is 12.1. The van der Waals surface area contributed by atoms with Gasteiger partial charge in [0.25, 0.3) is 0 Å². The van der Waals surface area contributed by atoms with Gasteiger partial charge < -0.3 is 4.42 Å². The molecule has 0 atom stereocenters. The fourth-order valence-electron chi connectivity index (χ4n) is 9.36. The van der Waals surface area contributed by atoms with Crippen molar-refractivity contribution in [2.75, 3.05) is 0 Å². The Labute approximate surface area is 354 Å². The molecule has 0 aliphatic rings. The van der Waals surface area contributed by atoms with Crippen LogP contribution in [0.1, 0.15) is 22.3 Å². The summed E-state index contributed by atoms with van der Waals surface area (Å²) in [6.07, 6.45) is 5.89. The number of hydrogen-bond acceptors (Lipinski definition) is 4. The van der Waals surface area contributed by atoms with E-state index in [4.69, 9.17) is 9.41 Å². The smallest absolute Gasteiger partial charge is 0.136 e. The van der Waals surface area contributed by atoms with Crippen LogP contribution in [0.25, 0.3) is 118 Å². The second kappa shape index (κ2) is 13.7. The minimum atomic E-state index is 0.557. The molecule has 12 rings (SSSR count). The molecule has 60 heavy (non-hydrogen) atoms. The van der Waals surface area contributed by atoms with Gasteiger partial charge in [0.1, 0.15) is 11.2 Å². The minimum Gasteiger partial charge on any atom is -0.456 e. The summed E-state index contributed by atoms with van der Waals surface area (Å²) >= 11 is 3.73. The molecule has 9 aromatic carbocycles. The average molecular weight is 802 g/mol. The van der Waals surface area contributed by atoms with Crippen LogP contribution in [0.15, 0.2) is 180 Å². The lowest BCUT2D eigenvalue weighted by atomic mass is 9.90. The molecule has 3 heterocycles. The highest BCUT2D eigenvalue weighted by Gasteiger charge is 2.17. The quantitative estimate of drug-likeness (QED) is 0.116. The maximum absolute atomic E-state index is 6.46. The van der Waals surface area contributed by atoms with E-state index in [-0.39, 0.29) is 0 Å². The Kier molecular flexibility index (Phi) is 7.99. The van der Waals surface area contributed by atoms with Crippen LogP contribution in [0, 0.1) is 0 Å². The fourth-order valence-corrected chi connectivity index (χ4v) is 11.6. The van der Waals surface area contributed by atoms with E-state index >= 15 is 0 Å². The first-order valence-electron chi connectivity index (χ1n) is 20.2. The largest absolute Gasteiger partial charge is 0.456 e. The molecule has 282 valence electrons. The van der Waals surface area contributed by atoms with Gasteiger partial charge in [-0.3, -0.25) is 4.99 Å². The van der Waals surface area contributed by atoms with Gasteiger partial charge in [-0.05, 0) is 115 Å². The normalized spacial score (nSPS) is 12.1. The summed E-state index contributed by atoms with van der Waals surface area (Å²) in [4.78, 5) is 5.02. The number of furan rings is 1. The second-order valence-electron chi connectivity index (χ2n) is 15.5. The molecular weight excluding hydrogens is 767 g/mol. The summed E-state index contributed by atoms with van der Waals surface area (Å²) in [6.45, 7) is 8.81. The Bertz CT molecular complexity index is 3800. The third-order valence-corrected chi connectivity index (χ3v) is 14.4. The van der Waals surface area contributed by atoms with Gasteiger partial charge in [0.05, 0.1) is 6.54 Å². The molecule has 0 unspecified atom stereocenters. The zero-order valence-electron chi connectivity index (χ0n) is 32.5. The topological polar surface area (TPSA) is 25.5 Å². The summed E-state index contributed by atoms with van der Waals surface area (Å²) in [6, 6.07) is 57.4. The van der Waals surface area contributed by atoms with Gasteiger partial charge in [0, 0.05) is 62.9 Å². The van der Waals surface area contributed by atoms with Crippen molar-refractivity contribution in [3.63, 3.8) is 0 Å². The summed E-state index contributed by atoms with van der Waals surface area (Å²) in [7, 11) is 0. The molecule has 2 nitrogen and oxygen atoms in total. The van der Waals surface area contributed by atoms with Crippen molar-refractivity contribution in [1.82, 2.24) is 0 Å². The zero-order chi connectivity index (χ0) is 39.9. The van der Waals surface area contributed by atoms with Gasteiger partial charge in [0.2, 0.25) is 0 Å². The molecule has 12 aromatic rings. The number of thiophene rings is 2. The van der Waals surface area contributed by atoms with Crippen molar-refractivity contribution in [1.29, 1.82) is 0 Å². The van der Waals surface area contributed by atoms with Crippen molar-refractivity contribution in [3.05, 3.63) is 193 Å². The van der Waals surface area contributed by atoms with Crippen molar-refractivity contribution in [3.8, 4) is 22.3 Å². The van der Waals surface area contributed by atoms with Crippen molar-refractivity contribution >= 4 is 125 Å². The number of rotatable bonds is 7. The van der Waals surface area contributed by atoms with E-state index in [1.54, 1.807) is 0 Å². The first kappa shape index (κ1) is 34.9. The van der Waals surface area contributed by atoms with E-state index in [2.05, 4.69) is 171 Å². The van der Waals surface area contributed by atoms with E-state index in [1.807, 2.05) is 41.0 Å². The predicted molar refractivity (Wildman–Crippen MR) is 263 cm³/mol. The van der Waals surface area contributed by atoms with Crippen LogP contribution in [0.5, 0.6) is 0 Å². The van der Waals surface area contributed by atoms with E-state index < -0.39 is 0 Å². The summed E-state index contributed by atoms with van der Waals surface area (Å²) in [5.74, 6) is 0. The molecule has 0 aliphatic carbocycles. The summed E-state index contributed by atoms with van der Waals surface area (Å²) in [5, 5.41) is 12.2. The maximum Gasteiger partial charge on any atom is 0.136 e. The third kappa shape index (κ3) is 5.42. The first-order valence-corrected chi connectivity index (χ1v) is 21.8. The molecule has 0 spiro atoms. The van der Waals surface area contributed by atoms with Crippen LogP contribution >= 0.6 is 22.7 Å². The van der Waals surface area contributed by atoms with Crippen LogP contribution < -0.4 is 0 Å². The van der Waals surface area contributed by atoms with Crippen LogP contribution in [-0.4, -0.2) is 6.21 Å². The first-order chi connectivity index (χ1) is 29.6. The SMILES string of the molecule is C=Cc1c(C=C)c2ccc(CN=Cc3cccc4oc5ccc(-c6cccc7sc8ccc(-c9ccc%10c(c9)sc9ccccc9%10)cc8c67)cc5c34)cc2c2ccccc12. The van der Waals surface area contributed by atoms with Crippen LogP contribution in [0.3, 0.4) is 0 Å². The highest BCUT2D eigenvalue weighted by Crippen LogP contribution is 2.44.